The van der Waals surface area contributed by atoms with Crippen molar-refractivity contribution >= 4 is 21.8 Å². The molecule has 80 valence electrons. The van der Waals surface area contributed by atoms with E-state index in [1.807, 2.05) is 31.2 Å². The van der Waals surface area contributed by atoms with Gasteiger partial charge in [0.05, 0.1) is 0 Å². The molecule has 0 fully saturated rings. The third-order valence-electron chi connectivity index (χ3n) is 2.26. The molecule has 0 aliphatic carbocycles. The zero-order valence-electron chi connectivity index (χ0n) is 8.49. The number of rotatable bonds is 1. The van der Waals surface area contributed by atoms with Crippen molar-refractivity contribution in [2.75, 3.05) is 5.73 Å². The van der Waals surface area contributed by atoms with Crippen LogP contribution in [0.15, 0.2) is 27.1 Å². The van der Waals surface area contributed by atoms with Crippen molar-refractivity contribution in [3.63, 3.8) is 0 Å². The molecular weight excluding hydrogens is 270 g/mol. The van der Waals surface area contributed by atoms with Gasteiger partial charge in [0, 0.05) is 10.0 Å². The monoisotopic (exact) mass is 277 g/mol. The SMILES string of the molecule is Cc1c(Br)cccc1-c1nc(C#N)c(N)o1. The predicted molar refractivity (Wildman–Crippen MR) is 63.5 cm³/mol. The molecule has 2 N–H and O–H groups in total. The number of anilines is 1. The van der Waals surface area contributed by atoms with Crippen LogP contribution in [0.1, 0.15) is 11.3 Å². The molecule has 0 aliphatic heterocycles. The van der Waals surface area contributed by atoms with Crippen molar-refractivity contribution < 1.29 is 4.42 Å². The highest BCUT2D eigenvalue weighted by Crippen LogP contribution is 2.29. The van der Waals surface area contributed by atoms with E-state index in [1.165, 1.54) is 0 Å². The van der Waals surface area contributed by atoms with Gasteiger partial charge < -0.3 is 10.2 Å². The second-order valence-corrected chi connectivity index (χ2v) is 4.11. The highest BCUT2D eigenvalue weighted by atomic mass is 79.9. The molecule has 0 atom stereocenters. The van der Waals surface area contributed by atoms with Crippen LogP contribution in [0.5, 0.6) is 0 Å². The van der Waals surface area contributed by atoms with E-state index in [0.717, 1.165) is 15.6 Å². The maximum absolute atomic E-state index is 8.74. The van der Waals surface area contributed by atoms with E-state index in [2.05, 4.69) is 20.9 Å². The Hall–Kier alpha value is -1.80. The zero-order valence-corrected chi connectivity index (χ0v) is 10.1. The summed E-state index contributed by atoms with van der Waals surface area (Å²) in [6.45, 7) is 1.94. The average Bonchev–Trinajstić information content (AvgIpc) is 2.63. The normalized spacial score (nSPS) is 10.1. The summed E-state index contributed by atoms with van der Waals surface area (Å²) >= 11 is 3.42. The van der Waals surface area contributed by atoms with Crippen LogP contribution in [0.4, 0.5) is 5.88 Å². The molecule has 1 heterocycles. The first-order chi connectivity index (χ1) is 7.63. The molecule has 0 amide bonds. The van der Waals surface area contributed by atoms with Crippen molar-refractivity contribution in [1.82, 2.24) is 4.98 Å². The van der Waals surface area contributed by atoms with Crippen LogP contribution < -0.4 is 5.73 Å². The lowest BCUT2D eigenvalue weighted by Gasteiger charge is -2.02. The van der Waals surface area contributed by atoms with Crippen molar-refractivity contribution in [3.05, 3.63) is 33.9 Å². The number of nitrogen functional groups attached to an aromatic ring is 1. The molecule has 0 aliphatic rings. The Morgan fingerprint density at radius 3 is 2.88 bits per heavy atom. The lowest BCUT2D eigenvalue weighted by molar-refractivity contribution is 0.593. The lowest BCUT2D eigenvalue weighted by Crippen LogP contribution is -1.85. The Labute approximate surface area is 101 Å². The number of benzene rings is 1. The number of nitriles is 1. The zero-order chi connectivity index (χ0) is 11.7. The molecule has 5 heteroatoms. The highest BCUT2D eigenvalue weighted by Gasteiger charge is 2.14. The Morgan fingerprint density at radius 2 is 2.25 bits per heavy atom. The summed E-state index contributed by atoms with van der Waals surface area (Å²) in [5.41, 5.74) is 7.45. The number of aromatic nitrogens is 1. The van der Waals surface area contributed by atoms with Crippen LogP contribution in [0, 0.1) is 18.3 Å². The standard InChI is InChI=1S/C11H8BrN3O/c1-6-7(3-2-4-8(6)12)11-15-9(5-13)10(14)16-11/h2-4H,14H2,1H3. The summed E-state index contributed by atoms with van der Waals surface area (Å²) in [6, 6.07) is 7.55. The van der Waals surface area contributed by atoms with Gasteiger partial charge in [-0.15, -0.1) is 0 Å². The van der Waals surface area contributed by atoms with Gasteiger partial charge in [0.15, 0.2) is 0 Å². The number of oxazole rings is 1. The van der Waals surface area contributed by atoms with Gasteiger partial charge in [-0.1, -0.05) is 22.0 Å². The van der Waals surface area contributed by atoms with Crippen LogP contribution in [0.2, 0.25) is 0 Å². The highest BCUT2D eigenvalue weighted by molar-refractivity contribution is 9.10. The quantitative estimate of drug-likeness (QED) is 0.870. The first-order valence-corrected chi connectivity index (χ1v) is 5.34. The minimum atomic E-state index is 0.0527. The Kier molecular flexibility index (Phi) is 2.67. The first-order valence-electron chi connectivity index (χ1n) is 4.55. The number of hydrogen-bond donors (Lipinski definition) is 1. The van der Waals surface area contributed by atoms with Crippen molar-refractivity contribution in [3.8, 4) is 17.5 Å². The minimum absolute atomic E-state index is 0.0527. The topological polar surface area (TPSA) is 75.8 Å². The van der Waals surface area contributed by atoms with E-state index >= 15 is 0 Å². The van der Waals surface area contributed by atoms with Gasteiger partial charge in [-0.2, -0.15) is 10.2 Å². The molecule has 4 nitrogen and oxygen atoms in total. The molecule has 2 aromatic rings. The Balaban J connectivity index is 2.60. The fraction of sp³-hybridized carbons (Fsp3) is 0.0909. The maximum Gasteiger partial charge on any atom is 0.230 e. The van der Waals surface area contributed by atoms with E-state index in [4.69, 9.17) is 15.4 Å². The summed E-state index contributed by atoms with van der Waals surface area (Å²) in [4.78, 5) is 4.03. The lowest BCUT2D eigenvalue weighted by atomic mass is 10.1. The Bertz CT molecular complexity index is 583. The maximum atomic E-state index is 8.74. The molecular formula is C11H8BrN3O. The van der Waals surface area contributed by atoms with E-state index in [-0.39, 0.29) is 11.6 Å². The molecule has 0 spiro atoms. The third-order valence-corrected chi connectivity index (χ3v) is 3.12. The van der Waals surface area contributed by atoms with Crippen LogP contribution in [0.25, 0.3) is 11.5 Å². The summed E-state index contributed by atoms with van der Waals surface area (Å²) in [5.74, 6) is 0.421. The van der Waals surface area contributed by atoms with Crippen LogP contribution in [-0.4, -0.2) is 4.98 Å². The van der Waals surface area contributed by atoms with Crippen molar-refractivity contribution in [1.29, 1.82) is 5.26 Å². The smallest absolute Gasteiger partial charge is 0.230 e. The van der Waals surface area contributed by atoms with Gasteiger partial charge in [0.1, 0.15) is 6.07 Å². The van der Waals surface area contributed by atoms with E-state index < -0.39 is 0 Å². The number of hydrogen-bond acceptors (Lipinski definition) is 4. The van der Waals surface area contributed by atoms with Gasteiger partial charge in [0.2, 0.25) is 17.5 Å². The van der Waals surface area contributed by atoms with Crippen LogP contribution >= 0.6 is 15.9 Å². The summed E-state index contributed by atoms with van der Waals surface area (Å²) in [6.07, 6.45) is 0. The second kappa shape index (κ2) is 3.99. The van der Waals surface area contributed by atoms with Crippen LogP contribution in [-0.2, 0) is 0 Å². The number of nitrogens with two attached hydrogens (primary N) is 1. The molecule has 1 aromatic carbocycles. The fourth-order valence-corrected chi connectivity index (χ4v) is 1.73. The molecule has 2 rings (SSSR count). The van der Waals surface area contributed by atoms with Gasteiger partial charge in [-0.05, 0) is 24.6 Å². The van der Waals surface area contributed by atoms with Gasteiger partial charge >= 0.3 is 0 Å². The first kappa shape index (κ1) is 10.7. The number of halogens is 1. The molecule has 0 radical (unpaired) electrons. The molecule has 0 saturated heterocycles. The van der Waals surface area contributed by atoms with Gasteiger partial charge in [0.25, 0.3) is 0 Å². The molecule has 0 bridgehead atoms. The van der Waals surface area contributed by atoms with Gasteiger partial charge in [-0.25, -0.2) is 0 Å². The molecule has 0 saturated carbocycles. The largest absolute Gasteiger partial charge is 0.419 e. The minimum Gasteiger partial charge on any atom is -0.419 e. The third kappa shape index (κ3) is 1.68. The van der Waals surface area contributed by atoms with E-state index in [0.29, 0.717) is 5.89 Å². The summed E-state index contributed by atoms with van der Waals surface area (Å²) in [7, 11) is 0. The predicted octanol–water partition coefficient (Wildman–Crippen LogP) is 2.87. The van der Waals surface area contributed by atoms with Crippen molar-refractivity contribution in [2.45, 2.75) is 6.92 Å². The molecule has 1 aromatic heterocycles. The van der Waals surface area contributed by atoms with E-state index in [1.54, 1.807) is 0 Å². The number of nitrogens with zero attached hydrogens (tertiary/aromatic N) is 2. The second-order valence-electron chi connectivity index (χ2n) is 3.26. The van der Waals surface area contributed by atoms with E-state index in [9.17, 15) is 0 Å². The fourth-order valence-electron chi connectivity index (χ4n) is 1.37. The molecule has 0 unspecified atom stereocenters. The molecule has 16 heavy (non-hydrogen) atoms. The van der Waals surface area contributed by atoms with Gasteiger partial charge in [-0.3, -0.25) is 0 Å². The summed E-state index contributed by atoms with van der Waals surface area (Å²) in [5, 5.41) is 8.74. The Morgan fingerprint density at radius 1 is 1.50 bits per heavy atom. The average molecular weight is 278 g/mol. The van der Waals surface area contributed by atoms with Crippen LogP contribution in [0.3, 0.4) is 0 Å². The van der Waals surface area contributed by atoms with Crippen molar-refractivity contribution in [2.24, 2.45) is 0 Å². The summed E-state index contributed by atoms with van der Waals surface area (Å²) < 4.78 is 6.21.